The third-order valence-corrected chi connectivity index (χ3v) is 5.14. The number of ether oxygens (including phenoxy) is 1. The lowest BCUT2D eigenvalue weighted by molar-refractivity contribution is 0.0937. The normalized spacial score (nSPS) is 15.9. The van der Waals surface area contributed by atoms with E-state index in [9.17, 15) is 4.79 Å². The van der Waals surface area contributed by atoms with Crippen molar-refractivity contribution in [3.8, 4) is 17.0 Å². The molecule has 1 aromatic carbocycles. The molecule has 0 saturated carbocycles. The Morgan fingerprint density at radius 1 is 1.24 bits per heavy atom. The van der Waals surface area contributed by atoms with Crippen LogP contribution in [0.3, 0.4) is 0 Å². The molecule has 3 aromatic rings. The molecule has 8 heteroatoms. The second-order valence-corrected chi connectivity index (χ2v) is 7.11. The van der Waals surface area contributed by atoms with E-state index >= 15 is 0 Å². The van der Waals surface area contributed by atoms with Gasteiger partial charge in [-0.05, 0) is 36.8 Å². The maximum atomic E-state index is 12.8. The van der Waals surface area contributed by atoms with Crippen LogP contribution in [0.15, 0.2) is 55.0 Å². The number of anilines is 1. The highest BCUT2D eigenvalue weighted by Crippen LogP contribution is 2.27. The summed E-state index contributed by atoms with van der Waals surface area (Å²) in [6.45, 7) is 1.37. The molecule has 3 heterocycles. The van der Waals surface area contributed by atoms with E-state index in [4.69, 9.17) is 16.3 Å². The quantitative estimate of drug-likeness (QED) is 0.697. The number of hydrogen-bond donors (Lipinski definition) is 1. The summed E-state index contributed by atoms with van der Waals surface area (Å²) in [6, 6.07) is 10.8. The SMILES string of the molecule is COc1cccc(Cl)c1C(=O)NC1CCN(c2nccc(-c3cccnc3)n2)C1. The molecule has 0 spiro atoms. The lowest BCUT2D eigenvalue weighted by Crippen LogP contribution is -2.37. The van der Waals surface area contributed by atoms with Crippen LogP contribution in [0.2, 0.25) is 5.02 Å². The van der Waals surface area contributed by atoms with Crippen molar-refractivity contribution in [2.24, 2.45) is 0 Å². The van der Waals surface area contributed by atoms with E-state index in [1.807, 2.05) is 18.2 Å². The lowest BCUT2D eigenvalue weighted by atomic mass is 10.1. The van der Waals surface area contributed by atoms with E-state index in [-0.39, 0.29) is 11.9 Å². The average Bonchev–Trinajstić information content (AvgIpc) is 3.22. The summed E-state index contributed by atoms with van der Waals surface area (Å²) >= 11 is 6.21. The van der Waals surface area contributed by atoms with Crippen LogP contribution in [0.4, 0.5) is 5.95 Å². The molecule has 148 valence electrons. The van der Waals surface area contributed by atoms with Crippen molar-refractivity contribution in [1.82, 2.24) is 20.3 Å². The topological polar surface area (TPSA) is 80.2 Å². The van der Waals surface area contributed by atoms with Gasteiger partial charge in [0, 0.05) is 43.3 Å². The predicted molar refractivity (Wildman–Crippen MR) is 111 cm³/mol. The second kappa shape index (κ2) is 8.45. The molecule has 2 aromatic heterocycles. The molecular weight excluding hydrogens is 390 g/mol. The number of rotatable bonds is 5. The van der Waals surface area contributed by atoms with Gasteiger partial charge >= 0.3 is 0 Å². The molecule has 0 radical (unpaired) electrons. The highest BCUT2D eigenvalue weighted by Gasteiger charge is 2.27. The third-order valence-electron chi connectivity index (χ3n) is 4.83. The van der Waals surface area contributed by atoms with E-state index in [0.29, 0.717) is 28.8 Å². The van der Waals surface area contributed by atoms with Gasteiger partial charge in [-0.2, -0.15) is 0 Å². The summed E-state index contributed by atoms with van der Waals surface area (Å²) < 4.78 is 5.28. The first-order chi connectivity index (χ1) is 14.2. The van der Waals surface area contributed by atoms with Crippen LogP contribution in [-0.4, -0.2) is 47.1 Å². The zero-order valence-electron chi connectivity index (χ0n) is 15.9. The molecule has 0 bridgehead atoms. The van der Waals surface area contributed by atoms with Gasteiger partial charge in [0.2, 0.25) is 5.95 Å². The molecule has 1 aliphatic rings. The number of benzene rings is 1. The Morgan fingerprint density at radius 3 is 2.93 bits per heavy atom. The fourth-order valence-electron chi connectivity index (χ4n) is 3.39. The number of carbonyl (C=O) groups is 1. The maximum Gasteiger partial charge on any atom is 0.256 e. The summed E-state index contributed by atoms with van der Waals surface area (Å²) in [6.07, 6.45) is 6.04. The minimum atomic E-state index is -0.246. The molecule has 0 aliphatic carbocycles. The number of carbonyl (C=O) groups excluding carboxylic acids is 1. The Labute approximate surface area is 173 Å². The van der Waals surface area contributed by atoms with Crippen LogP contribution in [0.5, 0.6) is 5.75 Å². The molecule has 1 N–H and O–H groups in total. The number of nitrogens with one attached hydrogen (secondary N) is 1. The smallest absolute Gasteiger partial charge is 0.256 e. The predicted octanol–water partition coefficient (Wildman–Crippen LogP) is 3.21. The molecular formula is C21H20ClN5O2. The molecule has 1 fully saturated rings. The van der Waals surface area contributed by atoms with E-state index in [2.05, 4.69) is 25.2 Å². The first-order valence-corrected chi connectivity index (χ1v) is 9.65. The molecule has 1 atom stereocenters. The van der Waals surface area contributed by atoms with Gasteiger partial charge in [-0.1, -0.05) is 17.7 Å². The van der Waals surface area contributed by atoms with Gasteiger partial charge in [0.15, 0.2) is 0 Å². The number of methoxy groups -OCH3 is 1. The van der Waals surface area contributed by atoms with Crippen molar-refractivity contribution in [2.45, 2.75) is 12.5 Å². The number of halogens is 1. The Kier molecular flexibility index (Phi) is 5.57. The Hall–Kier alpha value is -3.19. The van der Waals surface area contributed by atoms with Gasteiger partial charge in [0.25, 0.3) is 5.91 Å². The number of aromatic nitrogens is 3. The van der Waals surface area contributed by atoms with E-state index in [0.717, 1.165) is 24.2 Å². The monoisotopic (exact) mass is 409 g/mol. The Morgan fingerprint density at radius 2 is 2.14 bits per heavy atom. The number of nitrogens with zero attached hydrogens (tertiary/aromatic N) is 4. The third kappa shape index (κ3) is 4.14. The van der Waals surface area contributed by atoms with E-state index < -0.39 is 0 Å². The first kappa shape index (κ1) is 19.1. The van der Waals surface area contributed by atoms with E-state index in [1.165, 1.54) is 7.11 Å². The summed E-state index contributed by atoms with van der Waals surface area (Å²) in [5, 5.41) is 3.41. The van der Waals surface area contributed by atoms with Gasteiger partial charge in [-0.15, -0.1) is 0 Å². The lowest BCUT2D eigenvalue weighted by Gasteiger charge is -2.18. The fourth-order valence-corrected chi connectivity index (χ4v) is 3.64. The van der Waals surface area contributed by atoms with Gasteiger partial charge in [-0.25, -0.2) is 9.97 Å². The van der Waals surface area contributed by atoms with Gasteiger partial charge in [0.1, 0.15) is 5.75 Å². The number of amides is 1. The first-order valence-electron chi connectivity index (χ1n) is 9.27. The van der Waals surface area contributed by atoms with Gasteiger partial charge in [0.05, 0.1) is 23.4 Å². The number of pyridine rings is 1. The zero-order chi connectivity index (χ0) is 20.2. The van der Waals surface area contributed by atoms with Crippen molar-refractivity contribution in [3.63, 3.8) is 0 Å². The molecule has 7 nitrogen and oxygen atoms in total. The van der Waals surface area contributed by atoms with Crippen LogP contribution >= 0.6 is 11.6 Å². The van der Waals surface area contributed by atoms with Crippen LogP contribution in [0.25, 0.3) is 11.3 Å². The minimum Gasteiger partial charge on any atom is -0.496 e. The van der Waals surface area contributed by atoms with Crippen LogP contribution in [0.1, 0.15) is 16.8 Å². The highest BCUT2D eigenvalue weighted by molar-refractivity contribution is 6.34. The summed E-state index contributed by atoms with van der Waals surface area (Å²) in [7, 11) is 1.52. The maximum absolute atomic E-state index is 12.8. The van der Waals surface area contributed by atoms with Crippen molar-refractivity contribution >= 4 is 23.5 Å². The summed E-state index contributed by atoms with van der Waals surface area (Å²) in [4.78, 5) is 28.0. The summed E-state index contributed by atoms with van der Waals surface area (Å²) in [5.74, 6) is 0.847. The molecule has 1 saturated heterocycles. The minimum absolute atomic E-state index is 0.0332. The molecule has 29 heavy (non-hydrogen) atoms. The van der Waals surface area contributed by atoms with Gasteiger partial charge < -0.3 is 15.0 Å². The Bertz CT molecular complexity index is 1010. The van der Waals surface area contributed by atoms with Gasteiger partial charge in [-0.3, -0.25) is 9.78 Å². The highest BCUT2D eigenvalue weighted by atomic mass is 35.5. The van der Waals surface area contributed by atoms with Crippen LogP contribution < -0.4 is 15.0 Å². The van der Waals surface area contributed by atoms with Crippen LogP contribution in [-0.2, 0) is 0 Å². The second-order valence-electron chi connectivity index (χ2n) is 6.71. The standard InChI is InChI=1S/C21H20ClN5O2/c1-29-18-6-2-5-16(22)19(18)20(28)25-15-8-11-27(13-15)21-24-10-7-17(26-21)14-4-3-9-23-12-14/h2-7,9-10,12,15H,8,11,13H2,1H3,(H,25,28). The van der Waals surface area contributed by atoms with Crippen molar-refractivity contribution in [3.05, 3.63) is 65.6 Å². The molecule has 1 amide bonds. The summed E-state index contributed by atoms with van der Waals surface area (Å²) in [5.41, 5.74) is 2.10. The van der Waals surface area contributed by atoms with Crippen LogP contribution in [0, 0.1) is 0 Å². The molecule has 4 rings (SSSR count). The zero-order valence-corrected chi connectivity index (χ0v) is 16.6. The Balaban J connectivity index is 1.46. The number of hydrogen-bond acceptors (Lipinski definition) is 6. The van der Waals surface area contributed by atoms with Crippen molar-refractivity contribution < 1.29 is 9.53 Å². The molecule has 1 aliphatic heterocycles. The van der Waals surface area contributed by atoms with Crippen molar-refractivity contribution in [1.29, 1.82) is 0 Å². The average molecular weight is 410 g/mol. The molecule has 1 unspecified atom stereocenters. The van der Waals surface area contributed by atoms with Crippen molar-refractivity contribution in [2.75, 3.05) is 25.1 Å². The fraction of sp³-hybridized carbons (Fsp3) is 0.238. The largest absolute Gasteiger partial charge is 0.496 e. The van der Waals surface area contributed by atoms with E-state index in [1.54, 1.807) is 36.8 Å².